The number of rotatable bonds is 4. The molecule has 0 saturated heterocycles. The Balaban J connectivity index is 1.68. The third-order valence-electron chi connectivity index (χ3n) is 3.40. The average molecular weight is 326 g/mol. The van der Waals surface area contributed by atoms with Gasteiger partial charge in [0, 0.05) is 5.39 Å². The molecular formula is C18H15FN2OS. The molecule has 3 rings (SSSR count). The van der Waals surface area contributed by atoms with Gasteiger partial charge < -0.3 is 5.32 Å². The van der Waals surface area contributed by atoms with E-state index < -0.39 is 5.82 Å². The van der Waals surface area contributed by atoms with Crippen LogP contribution >= 0.6 is 11.8 Å². The first-order valence-corrected chi connectivity index (χ1v) is 8.15. The second-order valence-electron chi connectivity index (χ2n) is 5.11. The quantitative estimate of drug-likeness (QED) is 0.722. The molecule has 0 atom stereocenters. The van der Waals surface area contributed by atoms with Crippen molar-refractivity contribution in [1.29, 1.82) is 0 Å². The van der Waals surface area contributed by atoms with Crippen LogP contribution in [-0.4, -0.2) is 16.6 Å². The molecule has 116 valence electrons. The minimum Gasteiger partial charge on any atom is -0.323 e. The first-order valence-electron chi connectivity index (χ1n) is 7.17. The number of aromatic nitrogens is 1. The molecule has 2 aromatic carbocycles. The standard InChI is InChI=1S/C18H15FN2OS/c1-12-10-18(21-15-8-4-2-6-13(12)15)23-11-17(22)20-16-9-5-3-7-14(16)19/h2-10H,11H2,1H3,(H,20,22). The molecule has 0 aliphatic rings. The van der Waals surface area contributed by atoms with Gasteiger partial charge in [-0.15, -0.1) is 0 Å². The maximum Gasteiger partial charge on any atom is 0.234 e. The Kier molecular flexibility index (Phi) is 4.57. The van der Waals surface area contributed by atoms with E-state index in [1.165, 1.54) is 23.9 Å². The lowest BCUT2D eigenvalue weighted by Crippen LogP contribution is -2.15. The number of nitrogens with one attached hydrogen (secondary N) is 1. The molecule has 0 saturated carbocycles. The molecule has 0 aliphatic carbocycles. The van der Waals surface area contributed by atoms with Crippen LogP contribution < -0.4 is 5.32 Å². The number of carbonyl (C=O) groups excluding carboxylic acids is 1. The van der Waals surface area contributed by atoms with Crippen LogP contribution in [-0.2, 0) is 4.79 Å². The lowest BCUT2D eigenvalue weighted by molar-refractivity contribution is -0.113. The van der Waals surface area contributed by atoms with Gasteiger partial charge in [-0.05, 0) is 36.8 Å². The third kappa shape index (κ3) is 3.68. The maximum absolute atomic E-state index is 13.5. The second-order valence-corrected chi connectivity index (χ2v) is 6.11. The number of thioether (sulfide) groups is 1. The first-order chi connectivity index (χ1) is 11.1. The number of amides is 1. The molecule has 0 bridgehead atoms. The van der Waals surface area contributed by atoms with E-state index in [1.54, 1.807) is 12.1 Å². The fraction of sp³-hybridized carbons (Fsp3) is 0.111. The smallest absolute Gasteiger partial charge is 0.234 e. The summed E-state index contributed by atoms with van der Waals surface area (Å²) >= 11 is 1.34. The summed E-state index contributed by atoms with van der Waals surface area (Å²) in [6.07, 6.45) is 0. The Labute approximate surface area is 137 Å². The number of nitrogens with zero attached hydrogens (tertiary/aromatic N) is 1. The molecule has 23 heavy (non-hydrogen) atoms. The van der Waals surface area contributed by atoms with Gasteiger partial charge >= 0.3 is 0 Å². The predicted molar refractivity (Wildman–Crippen MR) is 92.2 cm³/mol. The van der Waals surface area contributed by atoms with Crippen LogP contribution in [0, 0.1) is 12.7 Å². The minimum atomic E-state index is -0.439. The van der Waals surface area contributed by atoms with Crippen molar-refractivity contribution in [3.05, 3.63) is 66.0 Å². The molecule has 0 radical (unpaired) electrons. The van der Waals surface area contributed by atoms with Gasteiger partial charge in [-0.1, -0.05) is 42.1 Å². The van der Waals surface area contributed by atoms with Crippen LogP contribution in [0.3, 0.4) is 0 Å². The van der Waals surface area contributed by atoms with E-state index in [0.29, 0.717) is 0 Å². The van der Waals surface area contributed by atoms with Gasteiger partial charge in [0.05, 0.1) is 22.0 Å². The van der Waals surface area contributed by atoms with Crippen molar-refractivity contribution in [2.75, 3.05) is 11.1 Å². The number of benzene rings is 2. The number of aryl methyl sites for hydroxylation is 1. The van der Waals surface area contributed by atoms with Crippen LogP contribution in [0.15, 0.2) is 59.6 Å². The minimum absolute atomic E-state index is 0.180. The zero-order valence-corrected chi connectivity index (χ0v) is 13.4. The highest BCUT2D eigenvalue weighted by molar-refractivity contribution is 7.99. The van der Waals surface area contributed by atoms with Gasteiger partial charge in [0.25, 0.3) is 0 Å². The number of para-hydroxylation sites is 2. The number of carbonyl (C=O) groups is 1. The Morgan fingerprint density at radius 1 is 1.17 bits per heavy atom. The van der Waals surface area contributed by atoms with Crippen LogP contribution in [0.4, 0.5) is 10.1 Å². The Morgan fingerprint density at radius 3 is 2.74 bits per heavy atom. The zero-order valence-electron chi connectivity index (χ0n) is 12.5. The zero-order chi connectivity index (χ0) is 16.2. The lowest BCUT2D eigenvalue weighted by atomic mass is 10.1. The van der Waals surface area contributed by atoms with Crippen molar-refractivity contribution in [1.82, 2.24) is 4.98 Å². The Morgan fingerprint density at radius 2 is 1.91 bits per heavy atom. The number of anilines is 1. The molecule has 5 heteroatoms. The van der Waals surface area contributed by atoms with Crippen molar-refractivity contribution < 1.29 is 9.18 Å². The van der Waals surface area contributed by atoms with E-state index in [4.69, 9.17) is 0 Å². The van der Waals surface area contributed by atoms with Gasteiger partial charge in [-0.2, -0.15) is 0 Å². The Hall–Kier alpha value is -2.40. The van der Waals surface area contributed by atoms with E-state index >= 15 is 0 Å². The normalized spacial score (nSPS) is 10.7. The molecule has 1 heterocycles. The molecule has 1 aromatic heterocycles. The SMILES string of the molecule is Cc1cc(SCC(=O)Nc2ccccc2F)nc2ccccc12. The summed E-state index contributed by atoms with van der Waals surface area (Å²) in [7, 11) is 0. The van der Waals surface area contributed by atoms with Gasteiger partial charge in [0.1, 0.15) is 5.82 Å². The number of pyridine rings is 1. The van der Waals surface area contributed by atoms with Crippen LogP contribution in [0.1, 0.15) is 5.56 Å². The van der Waals surface area contributed by atoms with Crippen molar-refractivity contribution >= 4 is 34.3 Å². The highest BCUT2D eigenvalue weighted by Gasteiger charge is 2.09. The third-order valence-corrected chi connectivity index (χ3v) is 4.31. The van der Waals surface area contributed by atoms with Crippen molar-refractivity contribution in [3.63, 3.8) is 0 Å². The summed E-state index contributed by atoms with van der Waals surface area (Å²) in [5, 5.41) is 4.46. The lowest BCUT2D eigenvalue weighted by Gasteiger charge is -2.07. The van der Waals surface area contributed by atoms with Crippen molar-refractivity contribution in [2.45, 2.75) is 11.9 Å². The van der Waals surface area contributed by atoms with Crippen LogP contribution in [0.2, 0.25) is 0 Å². The van der Waals surface area contributed by atoms with Crippen LogP contribution in [0.25, 0.3) is 10.9 Å². The second kappa shape index (κ2) is 6.79. The van der Waals surface area contributed by atoms with E-state index in [9.17, 15) is 9.18 Å². The Bertz CT molecular complexity index is 867. The number of fused-ring (bicyclic) bond motifs is 1. The topological polar surface area (TPSA) is 42.0 Å². The largest absolute Gasteiger partial charge is 0.323 e. The highest BCUT2D eigenvalue weighted by atomic mass is 32.2. The monoisotopic (exact) mass is 326 g/mol. The van der Waals surface area contributed by atoms with Crippen LogP contribution in [0.5, 0.6) is 0 Å². The summed E-state index contributed by atoms with van der Waals surface area (Å²) < 4.78 is 13.5. The van der Waals surface area contributed by atoms with E-state index in [-0.39, 0.29) is 17.3 Å². The molecule has 3 aromatic rings. The van der Waals surface area contributed by atoms with E-state index in [2.05, 4.69) is 10.3 Å². The predicted octanol–water partition coefficient (Wildman–Crippen LogP) is 4.41. The summed E-state index contributed by atoms with van der Waals surface area (Å²) in [6, 6.07) is 16.0. The van der Waals surface area contributed by atoms with Gasteiger partial charge in [-0.25, -0.2) is 9.37 Å². The molecule has 3 nitrogen and oxygen atoms in total. The molecule has 0 fully saturated rings. The fourth-order valence-electron chi connectivity index (χ4n) is 2.28. The molecule has 0 spiro atoms. The molecule has 1 amide bonds. The van der Waals surface area contributed by atoms with Crippen molar-refractivity contribution in [3.8, 4) is 0 Å². The molecular weight excluding hydrogens is 311 g/mol. The summed E-state index contributed by atoms with van der Waals surface area (Å²) in [5.41, 5.74) is 2.22. The van der Waals surface area contributed by atoms with E-state index in [1.807, 2.05) is 37.3 Å². The van der Waals surface area contributed by atoms with Gasteiger partial charge in [0.2, 0.25) is 5.91 Å². The summed E-state index contributed by atoms with van der Waals surface area (Å²) in [5.74, 6) is -0.516. The molecule has 0 aliphatic heterocycles. The number of hydrogen-bond acceptors (Lipinski definition) is 3. The first kappa shape index (κ1) is 15.5. The average Bonchev–Trinajstić information content (AvgIpc) is 2.55. The molecule has 0 unspecified atom stereocenters. The highest BCUT2D eigenvalue weighted by Crippen LogP contribution is 2.23. The maximum atomic E-state index is 13.5. The van der Waals surface area contributed by atoms with E-state index in [0.717, 1.165) is 21.5 Å². The fourth-order valence-corrected chi connectivity index (χ4v) is 3.06. The number of halogens is 1. The van der Waals surface area contributed by atoms with Gasteiger partial charge in [-0.3, -0.25) is 4.79 Å². The summed E-state index contributed by atoms with van der Waals surface area (Å²) in [4.78, 5) is 16.5. The number of hydrogen-bond donors (Lipinski definition) is 1. The summed E-state index contributed by atoms with van der Waals surface area (Å²) in [6.45, 7) is 2.02. The van der Waals surface area contributed by atoms with Gasteiger partial charge in [0.15, 0.2) is 0 Å². The van der Waals surface area contributed by atoms with Crippen molar-refractivity contribution in [2.24, 2.45) is 0 Å². The molecule has 1 N–H and O–H groups in total.